The number of benzene rings is 2. The van der Waals surface area contributed by atoms with Crippen LogP contribution in [-0.4, -0.2) is 27.5 Å². The molecule has 0 spiro atoms. The summed E-state index contributed by atoms with van der Waals surface area (Å²) in [5, 5.41) is 24.6. The van der Waals surface area contributed by atoms with E-state index in [-0.39, 0.29) is 18.1 Å². The smallest absolute Gasteiger partial charge is 0.269 e. The van der Waals surface area contributed by atoms with Crippen LogP contribution >= 0.6 is 0 Å². The van der Waals surface area contributed by atoms with Crippen molar-refractivity contribution in [2.45, 2.75) is 20.0 Å². The molecule has 1 aromatic heterocycles. The number of nitrogens with one attached hydrogen (secondary N) is 2. The number of fused-ring (bicyclic) bond motifs is 1. The molecule has 0 unspecified atom stereocenters. The van der Waals surface area contributed by atoms with Crippen LogP contribution in [0.5, 0.6) is 0 Å². The highest BCUT2D eigenvalue weighted by Crippen LogP contribution is 2.24. The van der Waals surface area contributed by atoms with Gasteiger partial charge < -0.3 is 15.4 Å². The molecule has 3 rings (SSSR count). The number of aryl methyl sites for hydroxylation is 2. The minimum absolute atomic E-state index is 0.00566. The van der Waals surface area contributed by atoms with Gasteiger partial charge in [0.25, 0.3) is 11.6 Å². The lowest BCUT2D eigenvalue weighted by atomic mass is 10.1. The Morgan fingerprint density at radius 1 is 1.23 bits per heavy atom. The summed E-state index contributed by atoms with van der Waals surface area (Å²) in [6.45, 7) is 3.95. The molecule has 26 heavy (non-hydrogen) atoms. The number of non-ortho nitro benzene ring substituents is 1. The van der Waals surface area contributed by atoms with Crippen LogP contribution in [0.1, 0.15) is 33.3 Å². The van der Waals surface area contributed by atoms with Crippen LogP contribution in [0.25, 0.3) is 10.9 Å². The molecule has 0 aliphatic rings. The summed E-state index contributed by atoms with van der Waals surface area (Å²) < 4.78 is 0. The molecule has 134 valence electrons. The number of carbonyl (C=O) groups excluding carboxylic acids is 1. The fourth-order valence-corrected chi connectivity index (χ4v) is 2.89. The predicted octanol–water partition coefficient (Wildman–Crippen LogP) is 3.16. The number of aliphatic hydroxyl groups excluding tert-OH is 1. The van der Waals surface area contributed by atoms with E-state index in [4.69, 9.17) is 0 Å². The number of aliphatic hydroxyl groups is 1. The molecule has 7 heteroatoms. The van der Waals surface area contributed by atoms with E-state index in [0.717, 1.165) is 22.2 Å². The first kappa shape index (κ1) is 17.6. The maximum absolute atomic E-state index is 12.5. The van der Waals surface area contributed by atoms with Gasteiger partial charge in [0.05, 0.1) is 22.1 Å². The molecule has 0 aliphatic heterocycles. The Bertz CT molecular complexity index is 976. The summed E-state index contributed by atoms with van der Waals surface area (Å²) in [6, 6.07) is 11.1. The molecule has 3 aromatic rings. The summed E-state index contributed by atoms with van der Waals surface area (Å²) in [5.41, 5.74) is 3.83. The minimum atomic E-state index is -0.953. The Labute approximate surface area is 149 Å². The van der Waals surface area contributed by atoms with Gasteiger partial charge in [-0.05, 0) is 43.2 Å². The zero-order valence-electron chi connectivity index (χ0n) is 14.4. The van der Waals surface area contributed by atoms with E-state index in [1.165, 1.54) is 24.3 Å². The summed E-state index contributed by atoms with van der Waals surface area (Å²) >= 11 is 0. The lowest BCUT2D eigenvalue weighted by Gasteiger charge is -2.12. The number of carbonyl (C=O) groups is 1. The summed E-state index contributed by atoms with van der Waals surface area (Å²) in [7, 11) is 0. The van der Waals surface area contributed by atoms with Crippen LogP contribution in [-0.2, 0) is 0 Å². The van der Waals surface area contributed by atoms with Crippen molar-refractivity contribution < 1.29 is 14.8 Å². The van der Waals surface area contributed by atoms with Crippen LogP contribution in [0.3, 0.4) is 0 Å². The number of nitro groups is 1. The van der Waals surface area contributed by atoms with Gasteiger partial charge in [-0.3, -0.25) is 14.9 Å². The maximum Gasteiger partial charge on any atom is 0.269 e. The van der Waals surface area contributed by atoms with Crippen molar-refractivity contribution in [1.29, 1.82) is 0 Å². The van der Waals surface area contributed by atoms with Crippen LogP contribution in [0.15, 0.2) is 42.5 Å². The molecule has 2 aromatic carbocycles. The topological polar surface area (TPSA) is 108 Å². The molecule has 0 fully saturated rings. The molecule has 0 saturated carbocycles. The predicted molar refractivity (Wildman–Crippen MR) is 98.2 cm³/mol. The Balaban J connectivity index is 1.72. The van der Waals surface area contributed by atoms with Crippen LogP contribution < -0.4 is 5.32 Å². The van der Waals surface area contributed by atoms with Gasteiger partial charge in [-0.25, -0.2) is 0 Å². The number of nitro benzene ring substituents is 1. The number of nitrogens with zero attached hydrogens (tertiary/aromatic N) is 1. The van der Waals surface area contributed by atoms with E-state index in [9.17, 15) is 20.0 Å². The molecular formula is C19H19N3O4. The first-order chi connectivity index (χ1) is 12.4. The van der Waals surface area contributed by atoms with Crippen LogP contribution in [0, 0.1) is 24.0 Å². The average molecular weight is 353 g/mol. The van der Waals surface area contributed by atoms with Gasteiger partial charge in [0.1, 0.15) is 0 Å². The van der Waals surface area contributed by atoms with Gasteiger partial charge in [-0.15, -0.1) is 0 Å². The standard InChI is InChI=1S/C19H19N3O4/c1-11-12(2)21-18-15(11)4-3-5-16(18)19(24)20-10-17(23)13-6-8-14(9-7-13)22(25)26/h3-9,17,21,23H,10H2,1-2H3,(H,20,24)/t17-/m0/s1. The number of H-pyrrole nitrogens is 1. The zero-order valence-corrected chi connectivity index (χ0v) is 14.4. The van der Waals surface area contributed by atoms with E-state index in [2.05, 4.69) is 10.3 Å². The van der Waals surface area contributed by atoms with Gasteiger partial charge in [0.2, 0.25) is 0 Å². The summed E-state index contributed by atoms with van der Waals surface area (Å²) in [6.07, 6.45) is -0.953. The Kier molecular flexibility index (Phi) is 4.73. The molecule has 0 bridgehead atoms. The SMILES string of the molecule is Cc1[nH]c2c(C(=O)NC[C@H](O)c3ccc([N+](=O)[O-])cc3)cccc2c1C. The lowest BCUT2D eigenvalue weighted by Crippen LogP contribution is -2.28. The second kappa shape index (κ2) is 6.97. The molecule has 1 atom stereocenters. The normalized spacial score (nSPS) is 12.1. The number of hydrogen-bond acceptors (Lipinski definition) is 4. The van der Waals surface area contributed by atoms with Gasteiger partial charge in [-0.2, -0.15) is 0 Å². The minimum Gasteiger partial charge on any atom is -0.387 e. The molecule has 1 heterocycles. The first-order valence-electron chi connectivity index (χ1n) is 8.17. The maximum atomic E-state index is 12.5. The molecule has 7 nitrogen and oxygen atoms in total. The fourth-order valence-electron chi connectivity index (χ4n) is 2.89. The van der Waals surface area contributed by atoms with E-state index >= 15 is 0 Å². The van der Waals surface area contributed by atoms with Gasteiger partial charge in [-0.1, -0.05) is 12.1 Å². The van der Waals surface area contributed by atoms with Crippen molar-refractivity contribution in [2.24, 2.45) is 0 Å². The number of aromatic amines is 1. The van der Waals surface area contributed by atoms with Crippen molar-refractivity contribution >= 4 is 22.5 Å². The molecule has 3 N–H and O–H groups in total. The molecular weight excluding hydrogens is 334 g/mol. The van der Waals surface area contributed by atoms with E-state index < -0.39 is 11.0 Å². The summed E-state index contributed by atoms with van der Waals surface area (Å²) in [4.78, 5) is 25.9. The van der Waals surface area contributed by atoms with E-state index in [0.29, 0.717) is 11.1 Å². The molecule has 1 amide bonds. The highest BCUT2D eigenvalue weighted by molar-refractivity contribution is 6.06. The third-order valence-corrected chi connectivity index (χ3v) is 4.53. The van der Waals surface area contributed by atoms with Crippen molar-refractivity contribution in [3.8, 4) is 0 Å². The number of aromatic nitrogens is 1. The average Bonchev–Trinajstić information content (AvgIpc) is 2.93. The zero-order chi connectivity index (χ0) is 18.8. The van der Waals surface area contributed by atoms with Crippen molar-refractivity contribution in [3.05, 3.63) is 75.0 Å². The Morgan fingerprint density at radius 3 is 2.58 bits per heavy atom. The van der Waals surface area contributed by atoms with Gasteiger partial charge in [0.15, 0.2) is 0 Å². The van der Waals surface area contributed by atoms with E-state index in [1.807, 2.05) is 26.0 Å². The van der Waals surface area contributed by atoms with Gasteiger partial charge >= 0.3 is 0 Å². The number of para-hydroxylation sites is 1. The third kappa shape index (κ3) is 3.29. The fraction of sp³-hybridized carbons (Fsp3) is 0.211. The van der Waals surface area contributed by atoms with Gasteiger partial charge in [0, 0.05) is 29.8 Å². The monoisotopic (exact) mass is 353 g/mol. The molecule has 0 radical (unpaired) electrons. The highest BCUT2D eigenvalue weighted by Gasteiger charge is 2.16. The Morgan fingerprint density at radius 2 is 1.92 bits per heavy atom. The third-order valence-electron chi connectivity index (χ3n) is 4.53. The lowest BCUT2D eigenvalue weighted by molar-refractivity contribution is -0.384. The summed E-state index contributed by atoms with van der Waals surface area (Å²) in [5.74, 6) is -0.294. The second-order valence-electron chi connectivity index (χ2n) is 6.18. The van der Waals surface area contributed by atoms with E-state index in [1.54, 1.807) is 6.07 Å². The quantitative estimate of drug-likeness (QED) is 0.483. The molecule has 0 saturated heterocycles. The van der Waals surface area contributed by atoms with Crippen LogP contribution in [0.2, 0.25) is 0 Å². The highest BCUT2D eigenvalue weighted by atomic mass is 16.6. The first-order valence-corrected chi connectivity index (χ1v) is 8.17. The number of amides is 1. The van der Waals surface area contributed by atoms with Crippen molar-refractivity contribution in [1.82, 2.24) is 10.3 Å². The largest absolute Gasteiger partial charge is 0.387 e. The number of rotatable bonds is 5. The van der Waals surface area contributed by atoms with Crippen molar-refractivity contribution in [3.63, 3.8) is 0 Å². The number of hydrogen-bond donors (Lipinski definition) is 3. The van der Waals surface area contributed by atoms with Crippen molar-refractivity contribution in [2.75, 3.05) is 6.54 Å². The second-order valence-corrected chi connectivity index (χ2v) is 6.18. The molecule has 0 aliphatic carbocycles. The van der Waals surface area contributed by atoms with Crippen LogP contribution in [0.4, 0.5) is 5.69 Å². The Hall–Kier alpha value is -3.19.